The van der Waals surface area contributed by atoms with Crippen LogP contribution in [0.25, 0.3) is 0 Å². The first-order chi connectivity index (χ1) is 5.15. The van der Waals surface area contributed by atoms with E-state index in [4.69, 9.17) is 5.11 Å². The quantitative estimate of drug-likeness (QED) is 0.632. The summed E-state index contributed by atoms with van der Waals surface area (Å²) >= 11 is 1.28. The molecule has 1 saturated heterocycles. The van der Waals surface area contributed by atoms with Crippen molar-refractivity contribution in [2.45, 2.75) is 30.3 Å². The van der Waals surface area contributed by atoms with E-state index < -0.39 is 11.2 Å². The molecule has 4 heteroatoms. The van der Waals surface area contributed by atoms with Gasteiger partial charge in [-0.25, -0.2) is 0 Å². The molecule has 0 amide bonds. The number of carbonyl (C=O) groups excluding carboxylic acids is 1. The lowest BCUT2D eigenvalue weighted by atomic mass is 10.1. The summed E-state index contributed by atoms with van der Waals surface area (Å²) in [6.45, 7) is 1.97. The molecule has 0 saturated carbocycles. The molecular formula is C7H10O3S. The van der Waals surface area contributed by atoms with Gasteiger partial charge in [-0.15, -0.1) is 11.8 Å². The Morgan fingerprint density at radius 1 is 1.82 bits per heavy atom. The number of hydrogen-bond donors (Lipinski definition) is 1. The molecule has 62 valence electrons. The third-order valence-corrected chi connectivity index (χ3v) is 3.35. The minimum Gasteiger partial charge on any atom is -0.480 e. The Bertz CT molecular complexity index is 190. The van der Waals surface area contributed by atoms with Crippen molar-refractivity contribution in [1.82, 2.24) is 0 Å². The van der Waals surface area contributed by atoms with E-state index in [0.29, 0.717) is 6.42 Å². The van der Waals surface area contributed by atoms with Gasteiger partial charge in [0.2, 0.25) is 0 Å². The summed E-state index contributed by atoms with van der Waals surface area (Å²) in [7, 11) is 0. The van der Waals surface area contributed by atoms with Crippen LogP contribution in [0.15, 0.2) is 0 Å². The van der Waals surface area contributed by atoms with E-state index in [2.05, 4.69) is 0 Å². The fourth-order valence-electron chi connectivity index (χ4n) is 1.08. The SMILES string of the molecule is CCC1CC(=O)C(C(=O)O)S1. The molecule has 2 atom stereocenters. The summed E-state index contributed by atoms with van der Waals surface area (Å²) in [6.07, 6.45) is 1.30. The number of carbonyl (C=O) groups is 2. The van der Waals surface area contributed by atoms with Crippen LogP contribution in [-0.4, -0.2) is 27.4 Å². The average molecular weight is 174 g/mol. The van der Waals surface area contributed by atoms with Crippen molar-refractivity contribution in [3.05, 3.63) is 0 Å². The molecule has 0 aromatic heterocycles. The average Bonchev–Trinajstić information content (AvgIpc) is 2.30. The minimum atomic E-state index is -0.990. The van der Waals surface area contributed by atoms with Crippen molar-refractivity contribution < 1.29 is 14.7 Å². The van der Waals surface area contributed by atoms with E-state index >= 15 is 0 Å². The number of carboxylic acid groups (broad SMARTS) is 1. The zero-order valence-electron chi connectivity index (χ0n) is 6.24. The van der Waals surface area contributed by atoms with E-state index in [1.54, 1.807) is 0 Å². The van der Waals surface area contributed by atoms with E-state index in [9.17, 15) is 9.59 Å². The fraction of sp³-hybridized carbons (Fsp3) is 0.714. The Labute approximate surface area is 69.2 Å². The molecule has 11 heavy (non-hydrogen) atoms. The maximum atomic E-state index is 11.0. The second-order valence-corrected chi connectivity index (χ2v) is 3.97. The van der Waals surface area contributed by atoms with Gasteiger partial charge in [-0.05, 0) is 6.42 Å². The molecule has 0 aromatic rings. The van der Waals surface area contributed by atoms with Crippen LogP contribution in [0, 0.1) is 0 Å². The summed E-state index contributed by atoms with van der Waals surface area (Å²) in [5.74, 6) is -1.12. The smallest absolute Gasteiger partial charge is 0.324 e. The number of aliphatic carboxylic acids is 1. The maximum Gasteiger partial charge on any atom is 0.324 e. The first-order valence-corrected chi connectivity index (χ1v) is 4.50. The highest BCUT2D eigenvalue weighted by Crippen LogP contribution is 2.32. The van der Waals surface area contributed by atoms with Gasteiger partial charge in [0.25, 0.3) is 0 Å². The zero-order chi connectivity index (χ0) is 8.43. The summed E-state index contributed by atoms with van der Waals surface area (Å²) < 4.78 is 0. The third kappa shape index (κ3) is 1.74. The van der Waals surface area contributed by atoms with Gasteiger partial charge < -0.3 is 5.11 Å². The topological polar surface area (TPSA) is 54.4 Å². The lowest BCUT2D eigenvalue weighted by Crippen LogP contribution is -2.21. The predicted molar refractivity (Wildman–Crippen MR) is 42.7 cm³/mol. The summed E-state index contributed by atoms with van der Waals surface area (Å²) in [6, 6.07) is 0. The van der Waals surface area contributed by atoms with Crippen LogP contribution in [0.5, 0.6) is 0 Å². The molecule has 1 heterocycles. The third-order valence-electron chi connectivity index (χ3n) is 1.73. The van der Waals surface area contributed by atoms with Gasteiger partial charge in [-0.1, -0.05) is 6.92 Å². The second kappa shape index (κ2) is 3.26. The van der Waals surface area contributed by atoms with Gasteiger partial charge in [0.1, 0.15) is 0 Å². The normalized spacial score (nSPS) is 30.8. The van der Waals surface area contributed by atoms with E-state index in [-0.39, 0.29) is 11.0 Å². The van der Waals surface area contributed by atoms with Gasteiger partial charge in [0, 0.05) is 11.7 Å². The number of Topliss-reactive ketones (excluding diaryl/α,β-unsaturated/α-hetero) is 1. The lowest BCUT2D eigenvalue weighted by Gasteiger charge is -2.02. The standard InChI is InChI=1S/C7H10O3S/c1-2-4-3-5(8)6(11-4)7(9)10/h4,6H,2-3H2,1H3,(H,9,10). The van der Waals surface area contributed by atoms with Gasteiger partial charge in [0.15, 0.2) is 11.0 Å². The Balaban J connectivity index is 2.59. The Kier molecular flexibility index (Phi) is 2.54. The van der Waals surface area contributed by atoms with E-state index in [1.807, 2.05) is 6.92 Å². The molecule has 3 nitrogen and oxygen atoms in total. The number of carboxylic acids is 1. The van der Waals surface area contributed by atoms with Gasteiger partial charge in [0.05, 0.1) is 0 Å². The molecule has 1 fully saturated rings. The van der Waals surface area contributed by atoms with Crippen LogP contribution in [0.1, 0.15) is 19.8 Å². The summed E-state index contributed by atoms with van der Waals surface area (Å²) in [5.41, 5.74) is 0. The molecule has 0 spiro atoms. The molecule has 0 aliphatic carbocycles. The molecule has 1 N–H and O–H groups in total. The van der Waals surface area contributed by atoms with Gasteiger partial charge in [-0.3, -0.25) is 9.59 Å². The second-order valence-electron chi connectivity index (χ2n) is 2.56. The highest BCUT2D eigenvalue weighted by atomic mass is 32.2. The molecule has 1 rings (SSSR count). The first-order valence-electron chi connectivity index (χ1n) is 3.56. The van der Waals surface area contributed by atoms with Crippen molar-refractivity contribution in [1.29, 1.82) is 0 Å². The molecular weight excluding hydrogens is 164 g/mol. The Morgan fingerprint density at radius 3 is 2.73 bits per heavy atom. The number of rotatable bonds is 2. The van der Waals surface area contributed by atoms with Crippen molar-refractivity contribution in [2.24, 2.45) is 0 Å². The molecule has 1 aliphatic heterocycles. The number of thioether (sulfide) groups is 1. The molecule has 0 bridgehead atoms. The van der Waals surface area contributed by atoms with E-state index in [1.165, 1.54) is 11.8 Å². The number of hydrogen-bond acceptors (Lipinski definition) is 3. The van der Waals surface area contributed by atoms with Crippen LogP contribution in [0.3, 0.4) is 0 Å². The van der Waals surface area contributed by atoms with Crippen molar-refractivity contribution >= 4 is 23.5 Å². The van der Waals surface area contributed by atoms with Crippen molar-refractivity contribution in [2.75, 3.05) is 0 Å². The Hall–Kier alpha value is -0.510. The van der Waals surface area contributed by atoms with Crippen LogP contribution in [-0.2, 0) is 9.59 Å². The minimum absolute atomic E-state index is 0.130. The van der Waals surface area contributed by atoms with Crippen LogP contribution in [0.4, 0.5) is 0 Å². The maximum absolute atomic E-state index is 11.0. The largest absolute Gasteiger partial charge is 0.480 e. The van der Waals surface area contributed by atoms with E-state index in [0.717, 1.165) is 6.42 Å². The summed E-state index contributed by atoms with van der Waals surface area (Å²) in [4.78, 5) is 21.4. The fourth-order valence-corrected chi connectivity index (χ4v) is 2.29. The Morgan fingerprint density at radius 2 is 2.45 bits per heavy atom. The van der Waals surface area contributed by atoms with Crippen molar-refractivity contribution in [3.63, 3.8) is 0 Å². The lowest BCUT2D eigenvalue weighted by molar-refractivity contribution is -0.139. The molecule has 0 aromatic carbocycles. The van der Waals surface area contributed by atoms with Gasteiger partial charge in [-0.2, -0.15) is 0 Å². The van der Waals surface area contributed by atoms with Crippen LogP contribution in [0.2, 0.25) is 0 Å². The molecule has 0 radical (unpaired) electrons. The molecule has 2 unspecified atom stereocenters. The highest BCUT2D eigenvalue weighted by molar-refractivity contribution is 8.02. The highest BCUT2D eigenvalue weighted by Gasteiger charge is 2.37. The van der Waals surface area contributed by atoms with Crippen LogP contribution >= 0.6 is 11.8 Å². The first kappa shape index (κ1) is 8.59. The van der Waals surface area contributed by atoms with Crippen molar-refractivity contribution in [3.8, 4) is 0 Å². The summed E-state index contributed by atoms with van der Waals surface area (Å²) in [5, 5.41) is 7.99. The number of ketones is 1. The predicted octanol–water partition coefficient (Wildman–Crippen LogP) is 0.924. The van der Waals surface area contributed by atoms with Gasteiger partial charge >= 0.3 is 5.97 Å². The monoisotopic (exact) mass is 174 g/mol. The zero-order valence-corrected chi connectivity index (χ0v) is 7.06. The van der Waals surface area contributed by atoms with Crippen LogP contribution < -0.4 is 0 Å². The molecule has 1 aliphatic rings.